The molecule has 2 aromatic rings. The van der Waals surface area contributed by atoms with Crippen LogP contribution < -0.4 is 0 Å². The van der Waals surface area contributed by atoms with E-state index in [0.717, 1.165) is 11.1 Å². The predicted molar refractivity (Wildman–Crippen MR) is 70.3 cm³/mol. The number of hydrogen-bond donors (Lipinski definition) is 1. The van der Waals surface area contributed by atoms with Crippen LogP contribution in [0, 0.1) is 5.41 Å². The van der Waals surface area contributed by atoms with Crippen LogP contribution in [0.5, 0.6) is 0 Å². The summed E-state index contributed by atoms with van der Waals surface area (Å²) in [7, 11) is 0. The van der Waals surface area contributed by atoms with Gasteiger partial charge in [-0.25, -0.2) is 0 Å². The molecule has 0 atom stereocenters. The molecular formula is C15H15NO. The lowest BCUT2D eigenvalue weighted by molar-refractivity contribution is 0.325. The zero-order chi connectivity index (χ0) is 12.1. The maximum atomic E-state index is 7.68. The van der Waals surface area contributed by atoms with Gasteiger partial charge in [-0.3, -0.25) is 5.41 Å². The topological polar surface area (TPSA) is 33.1 Å². The van der Waals surface area contributed by atoms with E-state index >= 15 is 0 Å². The highest BCUT2D eigenvalue weighted by Crippen LogP contribution is 2.19. The monoisotopic (exact) mass is 225 g/mol. The molecule has 2 heteroatoms. The summed E-state index contributed by atoms with van der Waals surface area (Å²) < 4.78 is 5.16. The van der Waals surface area contributed by atoms with Crippen molar-refractivity contribution >= 4 is 5.90 Å². The Labute approximate surface area is 101 Å². The first kappa shape index (κ1) is 11.4. The van der Waals surface area contributed by atoms with Gasteiger partial charge in [0.2, 0.25) is 5.90 Å². The average Bonchev–Trinajstić information content (AvgIpc) is 2.40. The summed E-state index contributed by atoms with van der Waals surface area (Å²) in [6.45, 7) is 2.41. The van der Waals surface area contributed by atoms with E-state index in [1.807, 2.05) is 49.4 Å². The molecule has 17 heavy (non-hydrogen) atoms. The summed E-state index contributed by atoms with van der Waals surface area (Å²) in [5, 5.41) is 7.68. The Morgan fingerprint density at radius 2 is 1.53 bits per heavy atom. The average molecular weight is 225 g/mol. The van der Waals surface area contributed by atoms with Gasteiger partial charge in [-0.05, 0) is 30.2 Å². The quantitative estimate of drug-likeness (QED) is 0.626. The second kappa shape index (κ2) is 5.30. The van der Waals surface area contributed by atoms with E-state index in [0.29, 0.717) is 6.61 Å². The minimum absolute atomic E-state index is 0.229. The molecule has 0 spiro atoms. The molecule has 2 rings (SSSR count). The van der Waals surface area contributed by atoms with Crippen molar-refractivity contribution in [2.24, 2.45) is 0 Å². The fraction of sp³-hybridized carbons (Fsp3) is 0.133. The summed E-state index contributed by atoms with van der Waals surface area (Å²) >= 11 is 0. The van der Waals surface area contributed by atoms with Crippen LogP contribution in [-0.4, -0.2) is 12.5 Å². The molecule has 0 bridgehead atoms. The van der Waals surface area contributed by atoms with Crippen molar-refractivity contribution in [3.05, 3.63) is 60.2 Å². The van der Waals surface area contributed by atoms with E-state index in [4.69, 9.17) is 10.1 Å². The van der Waals surface area contributed by atoms with Crippen LogP contribution in [0.15, 0.2) is 54.6 Å². The van der Waals surface area contributed by atoms with Crippen molar-refractivity contribution in [1.82, 2.24) is 0 Å². The minimum Gasteiger partial charge on any atom is -0.478 e. The van der Waals surface area contributed by atoms with Gasteiger partial charge in [0.05, 0.1) is 6.61 Å². The van der Waals surface area contributed by atoms with Gasteiger partial charge in [0.15, 0.2) is 0 Å². The van der Waals surface area contributed by atoms with Crippen molar-refractivity contribution in [1.29, 1.82) is 5.41 Å². The predicted octanol–water partition coefficient (Wildman–Crippen LogP) is 3.72. The number of nitrogens with one attached hydrogen (secondary N) is 1. The van der Waals surface area contributed by atoms with E-state index in [1.54, 1.807) is 0 Å². The Morgan fingerprint density at radius 3 is 2.12 bits per heavy atom. The number of benzene rings is 2. The Morgan fingerprint density at radius 1 is 0.941 bits per heavy atom. The molecule has 1 N–H and O–H groups in total. The smallest absolute Gasteiger partial charge is 0.213 e. The van der Waals surface area contributed by atoms with Crippen molar-refractivity contribution < 1.29 is 4.74 Å². The molecule has 0 saturated heterocycles. The Hall–Kier alpha value is -2.09. The van der Waals surface area contributed by atoms with Crippen molar-refractivity contribution in [2.45, 2.75) is 6.92 Å². The SMILES string of the molecule is CCOC(=N)c1ccc(-c2ccccc2)cc1. The molecule has 0 saturated carbocycles. The van der Waals surface area contributed by atoms with Gasteiger partial charge < -0.3 is 4.74 Å². The second-order valence-electron chi connectivity index (χ2n) is 3.71. The first-order chi connectivity index (χ1) is 8.31. The Balaban J connectivity index is 2.22. The lowest BCUT2D eigenvalue weighted by Crippen LogP contribution is -2.04. The van der Waals surface area contributed by atoms with Crippen molar-refractivity contribution in [2.75, 3.05) is 6.61 Å². The fourth-order valence-corrected chi connectivity index (χ4v) is 1.67. The second-order valence-corrected chi connectivity index (χ2v) is 3.71. The largest absolute Gasteiger partial charge is 0.478 e. The highest BCUT2D eigenvalue weighted by Gasteiger charge is 2.02. The van der Waals surface area contributed by atoms with Crippen molar-refractivity contribution in [3.8, 4) is 11.1 Å². The molecule has 0 aliphatic rings. The molecule has 0 aliphatic heterocycles. The standard InChI is InChI=1S/C15H15NO/c1-2-17-15(16)14-10-8-13(9-11-14)12-6-4-3-5-7-12/h3-11,16H,2H2,1H3. The number of ether oxygens (including phenoxy) is 1. The molecular weight excluding hydrogens is 210 g/mol. The van der Waals surface area contributed by atoms with Gasteiger partial charge in [0.25, 0.3) is 0 Å². The van der Waals surface area contributed by atoms with Crippen LogP contribution >= 0.6 is 0 Å². The molecule has 0 aliphatic carbocycles. The van der Waals surface area contributed by atoms with E-state index < -0.39 is 0 Å². The summed E-state index contributed by atoms with van der Waals surface area (Å²) in [6, 6.07) is 18.0. The van der Waals surface area contributed by atoms with Gasteiger partial charge in [-0.1, -0.05) is 42.5 Å². The molecule has 2 nitrogen and oxygen atoms in total. The summed E-state index contributed by atoms with van der Waals surface area (Å²) in [5.74, 6) is 0.229. The third-order valence-corrected chi connectivity index (χ3v) is 2.54. The van der Waals surface area contributed by atoms with Gasteiger partial charge >= 0.3 is 0 Å². The maximum Gasteiger partial charge on any atom is 0.213 e. The Bertz CT molecular complexity index is 488. The molecule has 0 fully saturated rings. The van der Waals surface area contributed by atoms with Crippen molar-refractivity contribution in [3.63, 3.8) is 0 Å². The van der Waals surface area contributed by atoms with Gasteiger partial charge in [0, 0.05) is 5.56 Å². The summed E-state index contributed by atoms with van der Waals surface area (Å²) in [6.07, 6.45) is 0. The molecule has 0 radical (unpaired) electrons. The first-order valence-electron chi connectivity index (χ1n) is 5.68. The number of hydrogen-bond acceptors (Lipinski definition) is 2. The maximum absolute atomic E-state index is 7.68. The summed E-state index contributed by atoms with van der Waals surface area (Å²) in [4.78, 5) is 0. The van der Waals surface area contributed by atoms with Crippen LogP contribution in [-0.2, 0) is 4.74 Å². The molecule has 0 unspecified atom stereocenters. The molecule has 0 aromatic heterocycles. The van der Waals surface area contributed by atoms with Crippen LogP contribution in [0.1, 0.15) is 12.5 Å². The van der Waals surface area contributed by atoms with Crippen LogP contribution in [0.3, 0.4) is 0 Å². The van der Waals surface area contributed by atoms with Gasteiger partial charge in [-0.15, -0.1) is 0 Å². The molecule has 0 amide bonds. The zero-order valence-corrected chi connectivity index (χ0v) is 9.81. The van der Waals surface area contributed by atoms with E-state index in [-0.39, 0.29) is 5.90 Å². The first-order valence-corrected chi connectivity index (χ1v) is 5.68. The Kier molecular flexibility index (Phi) is 3.55. The molecule has 0 heterocycles. The lowest BCUT2D eigenvalue weighted by Gasteiger charge is -2.06. The third-order valence-electron chi connectivity index (χ3n) is 2.54. The van der Waals surface area contributed by atoms with Gasteiger partial charge in [-0.2, -0.15) is 0 Å². The highest BCUT2D eigenvalue weighted by atomic mass is 16.5. The molecule has 86 valence electrons. The van der Waals surface area contributed by atoms with Crippen LogP contribution in [0.4, 0.5) is 0 Å². The third kappa shape index (κ3) is 2.72. The van der Waals surface area contributed by atoms with Gasteiger partial charge in [0.1, 0.15) is 0 Å². The zero-order valence-electron chi connectivity index (χ0n) is 9.81. The normalized spacial score (nSPS) is 9.94. The minimum atomic E-state index is 0.229. The lowest BCUT2D eigenvalue weighted by atomic mass is 10.0. The van der Waals surface area contributed by atoms with Crippen LogP contribution in [0.25, 0.3) is 11.1 Å². The number of rotatable bonds is 3. The van der Waals surface area contributed by atoms with Crippen LogP contribution in [0.2, 0.25) is 0 Å². The van der Waals surface area contributed by atoms with E-state index in [9.17, 15) is 0 Å². The van der Waals surface area contributed by atoms with E-state index in [2.05, 4.69) is 12.1 Å². The highest BCUT2D eigenvalue weighted by molar-refractivity contribution is 5.92. The summed E-state index contributed by atoms with van der Waals surface area (Å²) in [5.41, 5.74) is 3.15. The fourth-order valence-electron chi connectivity index (χ4n) is 1.67. The van der Waals surface area contributed by atoms with E-state index in [1.165, 1.54) is 5.56 Å². The molecule has 2 aromatic carbocycles.